The van der Waals surface area contributed by atoms with E-state index in [-0.39, 0.29) is 37.0 Å². The van der Waals surface area contributed by atoms with E-state index in [4.69, 9.17) is 39.9 Å². The Morgan fingerprint density at radius 1 is 0.612 bits per heavy atom. The summed E-state index contributed by atoms with van der Waals surface area (Å²) < 4.78 is 34.9. The number of nitrogens with two attached hydrogens (primary N) is 2. The van der Waals surface area contributed by atoms with E-state index in [1.165, 1.54) is 24.3 Å². The van der Waals surface area contributed by atoms with E-state index in [2.05, 4.69) is 47.2 Å². The highest BCUT2D eigenvalue weighted by Gasteiger charge is 2.54. The maximum absolute atomic E-state index is 15.2. The van der Waals surface area contributed by atoms with Gasteiger partial charge in [-0.25, -0.2) is 0 Å². The van der Waals surface area contributed by atoms with Crippen LogP contribution in [0.3, 0.4) is 0 Å². The molecule has 3 aromatic rings. The molecule has 4 saturated heterocycles. The van der Waals surface area contributed by atoms with Gasteiger partial charge in [-0.15, -0.1) is 0 Å². The lowest BCUT2D eigenvalue weighted by Crippen LogP contribution is -2.70. The Morgan fingerprint density at radius 3 is 1.87 bits per heavy atom. The molecule has 25 atom stereocenters. The minimum absolute atomic E-state index is 0.0522. The lowest BCUT2D eigenvalue weighted by molar-refractivity contribution is -0.353. The fourth-order valence-electron chi connectivity index (χ4n) is 12.5. The molecule has 3 aromatic carbocycles. The highest BCUT2D eigenvalue weighted by molar-refractivity contribution is 5.98. The number of nitrogens with zero attached hydrogens (tertiary/aromatic N) is 4. The molecular formula is C65H91N13O25. The van der Waals surface area contributed by atoms with Crippen LogP contribution in [0.1, 0.15) is 29.5 Å². The zero-order valence-electron chi connectivity index (χ0n) is 56.1. The summed E-state index contributed by atoms with van der Waals surface area (Å²) in [7, 11) is 3.83. The van der Waals surface area contributed by atoms with Crippen LogP contribution in [0.4, 0.5) is 5.69 Å². The number of carbonyl (C=O) groups is 6. The summed E-state index contributed by atoms with van der Waals surface area (Å²) >= 11 is 0. The van der Waals surface area contributed by atoms with Crippen LogP contribution in [-0.4, -0.2) is 332 Å². The van der Waals surface area contributed by atoms with E-state index in [9.17, 15) is 85.6 Å². The third-order valence-electron chi connectivity index (χ3n) is 18.6. The number of hydrogen-bond acceptors (Lipinski definition) is 32. The van der Waals surface area contributed by atoms with Crippen molar-refractivity contribution in [2.75, 3.05) is 71.7 Å². The van der Waals surface area contributed by atoms with E-state index in [1.807, 2.05) is 49.3 Å². The molecule has 0 unspecified atom stereocenters. The van der Waals surface area contributed by atoms with Gasteiger partial charge in [0.1, 0.15) is 121 Å². The first-order valence-electron chi connectivity index (χ1n) is 33.1. The number of hydrogen-bond donors (Lipinski definition) is 22. The van der Waals surface area contributed by atoms with E-state index >= 15 is 9.59 Å². The minimum atomic E-state index is -2.35. The number of rotatable bonds is 22. The highest BCUT2D eigenvalue weighted by Crippen LogP contribution is 2.33. The van der Waals surface area contributed by atoms with Crippen LogP contribution in [0.5, 0.6) is 5.75 Å². The van der Waals surface area contributed by atoms with Gasteiger partial charge in [0, 0.05) is 32.1 Å². The Labute approximate surface area is 589 Å². The summed E-state index contributed by atoms with van der Waals surface area (Å²) in [4.78, 5) is 98.5. The highest BCUT2D eigenvalue weighted by atomic mass is 16.7. The molecule has 6 aliphatic heterocycles. The lowest BCUT2D eigenvalue weighted by atomic mass is 9.92. The molecule has 24 N–H and O–H groups in total. The third kappa shape index (κ3) is 18.8. The van der Waals surface area contributed by atoms with E-state index in [0.717, 1.165) is 16.2 Å². The largest absolute Gasteiger partial charge is 0.462 e. The van der Waals surface area contributed by atoms with Crippen molar-refractivity contribution in [1.29, 1.82) is 0 Å². The Bertz CT molecular complexity index is 3460. The molecule has 566 valence electrons. The van der Waals surface area contributed by atoms with Crippen molar-refractivity contribution in [1.82, 2.24) is 42.1 Å². The van der Waals surface area contributed by atoms with Gasteiger partial charge in [-0.2, -0.15) is 0 Å². The number of amides is 6. The normalized spacial score (nSPS) is 34.6. The zero-order chi connectivity index (χ0) is 74.7. The van der Waals surface area contributed by atoms with Gasteiger partial charge in [0.05, 0.1) is 64.8 Å². The number of nitrogens with one attached hydrogen (secondary N) is 7. The predicted molar refractivity (Wildman–Crippen MR) is 357 cm³/mol. The topological polar surface area (TPSA) is 588 Å². The van der Waals surface area contributed by atoms with Gasteiger partial charge >= 0.3 is 0 Å². The third-order valence-corrected chi connectivity index (χ3v) is 18.6. The predicted octanol–water partition coefficient (Wildman–Crippen LogP) is -10.8. The van der Waals surface area contributed by atoms with Crippen molar-refractivity contribution in [3.63, 3.8) is 0 Å². The van der Waals surface area contributed by atoms with Gasteiger partial charge in [0.25, 0.3) is 0 Å². The van der Waals surface area contributed by atoms with Crippen LogP contribution in [0.2, 0.25) is 0 Å². The molecule has 0 saturated carbocycles. The molecule has 9 rings (SSSR count). The van der Waals surface area contributed by atoms with Crippen LogP contribution < -0.4 is 58.3 Å². The molecule has 6 amide bonds. The van der Waals surface area contributed by atoms with Crippen molar-refractivity contribution in [2.45, 2.75) is 166 Å². The second kappa shape index (κ2) is 35.4. The Kier molecular flexibility index (Phi) is 27.1. The first-order chi connectivity index (χ1) is 49.1. The Balaban J connectivity index is 0.958. The van der Waals surface area contributed by atoms with Crippen molar-refractivity contribution < 1.29 is 124 Å². The fourth-order valence-corrected chi connectivity index (χ4v) is 12.5. The van der Waals surface area contributed by atoms with Crippen LogP contribution in [0.25, 0.3) is 6.08 Å². The van der Waals surface area contributed by atoms with Gasteiger partial charge in [0.2, 0.25) is 41.7 Å². The maximum Gasteiger partial charge on any atom is 0.246 e. The summed E-state index contributed by atoms with van der Waals surface area (Å²) in [5.74, 6) is -8.99. The molecule has 0 radical (unpaired) electrons. The molecule has 4 fully saturated rings. The number of anilines is 1. The van der Waals surface area contributed by atoms with E-state index < -0.39 is 233 Å². The molecule has 0 aliphatic carbocycles. The SMILES string of the molecule is C[C@@H](c1ccccc1)[C@@H]1NC(=O)CNC(=O)[C@H](CO)NC(=O)[C@@H]([C@@H](O)[C@@H]2CN=C(N)N2[C@H]2O[C@H](CO)[C@@H](O)[C@H](O)[C@@H]2O)NC(=O)[C@H]([C@@H](O)[C@@H]2CN=C(N)N2)NC(=O)[C@@H](Cc2ccc(O[C@H]3O[C@H](CO)[C@@H](O[C@H]4O[C@H](COC/C=C/c5ccc(N(C)C)cc5)[C@@H](O)[C@H](O)[C@@H]4O)[C@H](O)[C@@H]3O)cc2)NC1=O. The van der Waals surface area contributed by atoms with Crippen molar-refractivity contribution >= 4 is 59.1 Å². The average molecular weight is 1450 g/mol. The summed E-state index contributed by atoms with van der Waals surface area (Å²) in [6.45, 7) is -3.40. The number of benzene rings is 3. The summed E-state index contributed by atoms with van der Waals surface area (Å²) in [5.41, 5.74) is 14.8. The second-order valence-corrected chi connectivity index (χ2v) is 25.8. The molecule has 103 heavy (non-hydrogen) atoms. The zero-order valence-corrected chi connectivity index (χ0v) is 56.1. The van der Waals surface area contributed by atoms with E-state index in [0.29, 0.717) is 5.56 Å². The lowest BCUT2D eigenvalue weighted by Gasteiger charge is -2.46. The minimum Gasteiger partial charge on any atom is -0.462 e. The monoisotopic (exact) mass is 1450 g/mol. The van der Waals surface area contributed by atoms with Crippen molar-refractivity contribution in [3.05, 3.63) is 102 Å². The number of aliphatic imine (C=N–C) groups is 2. The average Bonchev–Trinajstić information content (AvgIpc) is 1.73. The van der Waals surface area contributed by atoms with Crippen LogP contribution in [0, 0.1) is 0 Å². The Hall–Kier alpha value is -8.36. The first kappa shape index (κ1) is 78.8. The van der Waals surface area contributed by atoms with Crippen LogP contribution in [0.15, 0.2) is 94.9 Å². The summed E-state index contributed by atoms with van der Waals surface area (Å²) in [6, 6.07) is 8.57. The first-order valence-corrected chi connectivity index (χ1v) is 33.1. The molecule has 38 nitrogen and oxygen atoms in total. The maximum atomic E-state index is 15.2. The number of ether oxygens (including phenoxy) is 6. The van der Waals surface area contributed by atoms with Crippen LogP contribution >= 0.6 is 0 Å². The molecule has 0 spiro atoms. The van der Waals surface area contributed by atoms with Gasteiger partial charge < -0.3 is 153 Å². The quantitative estimate of drug-likeness (QED) is 0.0415. The fraction of sp³-hybridized carbons (Fsp3) is 0.569. The standard InChI is InChI=1S/C65H91N13O25/c1-28(31-9-5-4-6-10-31)42-58(95)71-34(20-30-13-17-33(18-14-30)99-62-54(92)51(89)55(39(26-81)101-62)103-63-53(91)50(88)48(86)40(102-63)27-98-19-7-8-29-11-15-32(16-12-29)77(2)3)57(94)75-43(45(83)35-21-69-64(66)73-35)60(97)76-44(59(96)72-36(24-79)56(93)68-23-41(82)74-42)46(84)37-22-70-65(67)78(37)61-52(90)49(87)47(85)38(25-80)100-61/h4-18,28,34-40,42-55,61-63,79-81,83-92H,19-27H2,1-3H3,(H2,67,70)(H,68,93)(H,71,95)(H,72,96)(H,74,82)(H,75,94)(H,76,97)(H3,66,69,73)/b8-7+/t28-,34+,35-,36-,37-,38+,39+,40+,42-,43-,44+,45-,46-,47+,48+,49-,50-,51+,52-,53-,54-,55+,61-,62-,63+/m0/s1. The number of aliphatic hydroxyl groups is 13. The van der Waals surface area contributed by atoms with Crippen molar-refractivity contribution in [3.8, 4) is 5.75 Å². The van der Waals surface area contributed by atoms with Gasteiger partial charge in [-0.3, -0.25) is 38.8 Å². The number of guanidine groups is 2. The smallest absolute Gasteiger partial charge is 0.246 e. The Morgan fingerprint density at radius 2 is 1.22 bits per heavy atom. The molecule has 6 heterocycles. The van der Waals surface area contributed by atoms with E-state index in [1.54, 1.807) is 43.3 Å². The summed E-state index contributed by atoms with van der Waals surface area (Å²) in [6.07, 6.45) is -27.9. The molecule has 0 aromatic heterocycles. The van der Waals surface area contributed by atoms with Gasteiger partial charge in [-0.05, 0) is 41.0 Å². The summed E-state index contributed by atoms with van der Waals surface area (Å²) in [5, 5.41) is 161. The molecular weight excluding hydrogens is 1360 g/mol. The number of carbonyl (C=O) groups excluding carboxylic acids is 6. The molecule has 6 aliphatic rings. The van der Waals surface area contributed by atoms with Gasteiger partial charge in [0.15, 0.2) is 24.4 Å². The van der Waals surface area contributed by atoms with Gasteiger partial charge in [-0.1, -0.05) is 73.7 Å². The van der Waals surface area contributed by atoms with Crippen LogP contribution in [-0.2, 0) is 58.9 Å². The number of aliphatic hydroxyl groups excluding tert-OH is 13. The molecule has 38 heteroatoms. The van der Waals surface area contributed by atoms with Crippen molar-refractivity contribution in [2.24, 2.45) is 21.5 Å². The second-order valence-electron chi connectivity index (χ2n) is 25.8. The molecule has 0 bridgehead atoms.